The Hall–Kier alpha value is -1.95. The van der Waals surface area contributed by atoms with Crippen LogP contribution in [0.5, 0.6) is 0 Å². The number of ketones is 1. The second-order valence-electron chi connectivity index (χ2n) is 6.45. The molecule has 6 heteroatoms. The first-order valence-electron chi connectivity index (χ1n) is 8.35. The smallest absolute Gasteiger partial charge is 0.255 e. The van der Waals surface area contributed by atoms with Crippen LogP contribution in [0.3, 0.4) is 0 Å². The third kappa shape index (κ3) is 3.29. The van der Waals surface area contributed by atoms with Crippen LogP contribution >= 0.6 is 11.3 Å². The number of thiazole rings is 1. The molecule has 128 valence electrons. The van der Waals surface area contributed by atoms with Crippen LogP contribution in [-0.2, 0) is 12.8 Å². The highest BCUT2D eigenvalue weighted by molar-refractivity contribution is 7.09. The van der Waals surface area contributed by atoms with Crippen molar-refractivity contribution in [3.63, 3.8) is 0 Å². The number of hydrogen-bond donors (Lipinski definition) is 1. The quantitative estimate of drug-likeness (QED) is 0.897. The lowest BCUT2D eigenvalue weighted by molar-refractivity contribution is 0.0928. The number of hydrogen-bond acceptors (Lipinski definition) is 5. The van der Waals surface area contributed by atoms with E-state index >= 15 is 0 Å². The SMILES string of the molecule is Cc1oc2c(c1C(=O)NCCc1csc(C(C)C)n1)C(=O)CCC2. The van der Waals surface area contributed by atoms with Crippen LogP contribution in [0.2, 0.25) is 0 Å². The summed E-state index contributed by atoms with van der Waals surface area (Å²) < 4.78 is 5.63. The number of nitrogens with one attached hydrogen (secondary N) is 1. The molecule has 2 aromatic rings. The van der Waals surface area contributed by atoms with Crippen molar-refractivity contribution in [3.8, 4) is 0 Å². The van der Waals surface area contributed by atoms with Crippen molar-refractivity contribution < 1.29 is 14.0 Å². The van der Waals surface area contributed by atoms with E-state index in [0.29, 0.717) is 48.0 Å². The van der Waals surface area contributed by atoms with Gasteiger partial charge in [0.05, 0.1) is 21.8 Å². The summed E-state index contributed by atoms with van der Waals surface area (Å²) in [5.74, 6) is 1.40. The number of carbonyl (C=O) groups is 2. The zero-order valence-corrected chi connectivity index (χ0v) is 15.1. The van der Waals surface area contributed by atoms with E-state index in [1.165, 1.54) is 0 Å². The van der Waals surface area contributed by atoms with Crippen LogP contribution in [0.25, 0.3) is 0 Å². The molecule has 0 unspecified atom stereocenters. The van der Waals surface area contributed by atoms with Crippen LogP contribution in [-0.4, -0.2) is 23.2 Å². The van der Waals surface area contributed by atoms with Crippen molar-refractivity contribution in [2.24, 2.45) is 0 Å². The van der Waals surface area contributed by atoms with Gasteiger partial charge in [0.15, 0.2) is 5.78 Å². The first-order chi connectivity index (χ1) is 11.5. The predicted octanol–water partition coefficient (Wildman–Crippen LogP) is 3.66. The average Bonchev–Trinajstić information content (AvgIpc) is 3.12. The molecule has 0 fully saturated rings. The maximum Gasteiger partial charge on any atom is 0.255 e. The van der Waals surface area contributed by atoms with Crippen molar-refractivity contribution in [2.75, 3.05) is 6.54 Å². The molecule has 0 aromatic carbocycles. The fourth-order valence-electron chi connectivity index (χ4n) is 2.98. The van der Waals surface area contributed by atoms with Crippen molar-refractivity contribution in [3.05, 3.63) is 38.7 Å². The molecule has 1 amide bonds. The van der Waals surface area contributed by atoms with Gasteiger partial charge in [0, 0.05) is 37.1 Å². The molecule has 3 rings (SSSR count). The first kappa shape index (κ1) is 16.9. The maximum atomic E-state index is 12.5. The van der Waals surface area contributed by atoms with Gasteiger partial charge in [0.2, 0.25) is 0 Å². The number of carbonyl (C=O) groups excluding carboxylic acids is 2. The van der Waals surface area contributed by atoms with Gasteiger partial charge in [0.1, 0.15) is 11.5 Å². The van der Waals surface area contributed by atoms with Gasteiger partial charge < -0.3 is 9.73 Å². The zero-order chi connectivity index (χ0) is 17.3. The van der Waals surface area contributed by atoms with Crippen LogP contribution in [0, 0.1) is 6.92 Å². The molecule has 0 spiro atoms. The number of rotatable bonds is 5. The van der Waals surface area contributed by atoms with Crippen LogP contribution in [0.4, 0.5) is 0 Å². The Morgan fingerprint density at radius 1 is 1.42 bits per heavy atom. The third-order valence-electron chi connectivity index (χ3n) is 4.20. The molecule has 0 aliphatic heterocycles. The normalized spacial score (nSPS) is 14.1. The number of aryl methyl sites for hydroxylation is 2. The number of Topliss-reactive ketones (excluding diaryl/α,β-unsaturated/α-hetero) is 1. The molecule has 24 heavy (non-hydrogen) atoms. The number of amides is 1. The van der Waals surface area contributed by atoms with Gasteiger partial charge >= 0.3 is 0 Å². The largest absolute Gasteiger partial charge is 0.465 e. The van der Waals surface area contributed by atoms with Crippen LogP contribution < -0.4 is 5.32 Å². The van der Waals surface area contributed by atoms with Crippen molar-refractivity contribution >= 4 is 23.0 Å². The van der Waals surface area contributed by atoms with E-state index in [2.05, 4.69) is 24.1 Å². The van der Waals surface area contributed by atoms with Crippen LogP contribution in [0.15, 0.2) is 9.80 Å². The molecule has 5 nitrogen and oxygen atoms in total. The standard InChI is InChI=1S/C18H22N2O3S/c1-10(2)18-20-12(9-24-18)7-8-19-17(22)15-11(3)23-14-6-4-5-13(21)16(14)15/h9-10H,4-8H2,1-3H3,(H,19,22). The highest BCUT2D eigenvalue weighted by Gasteiger charge is 2.30. The minimum Gasteiger partial charge on any atom is -0.465 e. The molecule has 2 aromatic heterocycles. The summed E-state index contributed by atoms with van der Waals surface area (Å²) in [5.41, 5.74) is 1.90. The Labute approximate surface area is 145 Å². The van der Waals surface area contributed by atoms with Gasteiger partial charge in [-0.2, -0.15) is 0 Å². The van der Waals surface area contributed by atoms with E-state index in [1.807, 2.05) is 5.38 Å². The summed E-state index contributed by atoms with van der Waals surface area (Å²) in [4.78, 5) is 29.2. The fraction of sp³-hybridized carbons (Fsp3) is 0.500. The zero-order valence-electron chi connectivity index (χ0n) is 14.3. The number of fused-ring (bicyclic) bond motifs is 1. The Bertz CT molecular complexity index is 773. The van der Waals surface area contributed by atoms with Crippen molar-refractivity contribution in [2.45, 2.75) is 52.4 Å². The molecule has 1 aliphatic rings. The molecular formula is C18H22N2O3S. The summed E-state index contributed by atoms with van der Waals surface area (Å²) in [6.07, 6.45) is 2.69. The van der Waals surface area contributed by atoms with E-state index in [9.17, 15) is 9.59 Å². The van der Waals surface area contributed by atoms with E-state index in [0.717, 1.165) is 23.5 Å². The molecule has 0 atom stereocenters. The molecule has 0 saturated heterocycles. The minimum absolute atomic E-state index is 0.0133. The fourth-order valence-corrected chi connectivity index (χ4v) is 3.85. The van der Waals surface area contributed by atoms with E-state index in [1.54, 1.807) is 18.3 Å². The van der Waals surface area contributed by atoms with E-state index in [4.69, 9.17) is 4.42 Å². The maximum absolute atomic E-state index is 12.5. The number of aromatic nitrogens is 1. The van der Waals surface area contributed by atoms with Crippen molar-refractivity contribution in [1.29, 1.82) is 0 Å². The van der Waals surface area contributed by atoms with Gasteiger partial charge in [0.25, 0.3) is 5.91 Å². The Balaban J connectivity index is 1.65. The molecule has 0 bridgehead atoms. The summed E-state index contributed by atoms with van der Waals surface area (Å²) in [6, 6.07) is 0. The second kappa shape index (κ2) is 6.89. The molecule has 1 N–H and O–H groups in total. The summed E-state index contributed by atoms with van der Waals surface area (Å²) in [6.45, 7) is 6.47. The monoisotopic (exact) mass is 346 g/mol. The lowest BCUT2D eigenvalue weighted by atomic mass is 9.93. The van der Waals surface area contributed by atoms with Gasteiger partial charge in [-0.3, -0.25) is 9.59 Å². The number of furan rings is 1. The van der Waals surface area contributed by atoms with Gasteiger partial charge in [-0.1, -0.05) is 13.8 Å². The van der Waals surface area contributed by atoms with Gasteiger partial charge in [-0.15, -0.1) is 11.3 Å². The Morgan fingerprint density at radius 3 is 2.92 bits per heavy atom. The van der Waals surface area contributed by atoms with Gasteiger partial charge in [-0.05, 0) is 13.3 Å². The average molecular weight is 346 g/mol. The van der Waals surface area contributed by atoms with Crippen LogP contribution in [0.1, 0.15) is 75.5 Å². The van der Waals surface area contributed by atoms with Crippen molar-refractivity contribution in [1.82, 2.24) is 10.3 Å². The molecule has 1 aliphatic carbocycles. The minimum atomic E-state index is -0.230. The summed E-state index contributed by atoms with van der Waals surface area (Å²) >= 11 is 1.65. The topological polar surface area (TPSA) is 72.2 Å². The number of nitrogens with zero attached hydrogens (tertiary/aromatic N) is 1. The summed E-state index contributed by atoms with van der Waals surface area (Å²) in [7, 11) is 0. The highest BCUT2D eigenvalue weighted by atomic mass is 32.1. The Kier molecular flexibility index (Phi) is 4.85. The molecular weight excluding hydrogens is 324 g/mol. The Morgan fingerprint density at radius 2 is 2.21 bits per heavy atom. The van der Waals surface area contributed by atoms with E-state index < -0.39 is 0 Å². The van der Waals surface area contributed by atoms with Gasteiger partial charge in [-0.25, -0.2) is 4.98 Å². The molecule has 0 radical (unpaired) electrons. The predicted molar refractivity (Wildman–Crippen MR) is 93.0 cm³/mol. The molecule has 2 heterocycles. The second-order valence-corrected chi connectivity index (χ2v) is 7.34. The van der Waals surface area contributed by atoms with E-state index in [-0.39, 0.29) is 11.7 Å². The lowest BCUT2D eigenvalue weighted by Gasteiger charge is -2.10. The summed E-state index contributed by atoms with van der Waals surface area (Å²) in [5, 5.41) is 6.05. The first-order valence-corrected chi connectivity index (χ1v) is 9.23. The third-order valence-corrected chi connectivity index (χ3v) is 5.39. The lowest BCUT2D eigenvalue weighted by Crippen LogP contribution is -2.28. The highest BCUT2D eigenvalue weighted by Crippen LogP contribution is 2.29. The molecule has 0 saturated carbocycles.